The lowest BCUT2D eigenvalue weighted by Crippen LogP contribution is -2.42. The zero-order chi connectivity index (χ0) is 19.7. The number of rotatable bonds is 4. The van der Waals surface area contributed by atoms with Crippen LogP contribution in [0.15, 0.2) is 60.7 Å². The maximum atomic E-state index is 12.6. The molecule has 0 bridgehead atoms. The quantitative estimate of drug-likeness (QED) is 0.761. The lowest BCUT2D eigenvalue weighted by Gasteiger charge is -2.31. The van der Waals surface area contributed by atoms with Gasteiger partial charge in [-0.05, 0) is 17.5 Å². The summed E-state index contributed by atoms with van der Waals surface area (Å²) in [6.45, 7) is 0.499. The van der Waals surface area contributed by atoms with Crippen LogP contribution in [-0.2, 0) is 19.1 Å². The molecule has 0 saturated carbocycles. The highest BCUT2D eigenvalue weighted by Gasteiger charge is 2.56. The summed E-state index contributed by atoms with van der Waals surface area (Å²) in [5, 5.41) is 4.19. The summed E-state index contributed by atoms with van der Waals surface area (Å²) >= 11 is 0. The molecule has 2 aliphatic rings. The molecule has 4 rings (SSSR count). The van der Waals surface area contributed by atoms with Gasteiger partial charge in [-0.1, -0.05) is 60.7 Å². The second-order valence-electron chi connectivity index (χ2n) is 7.19. The molecule has 2 aromatic rings. The lowest BCUT2D eigenvalue weighted by molar-refractivity contribution is -0.152. The van der Waals surface area contributed by atoms with Gasteiger partial charge in [0.25, 0.3) is 0 Å². The number of benzene rings is 2. The molecular weight excluding hydrogens is 356 g/mol. The fourth-order valence-corrected chi connectivity index (χ4v) is 4.56. The largest absolute Gasteiger partial charge is 0.469 e. The van der Waals surface area contributed by atoms with E-state index in [4.69, 9.17) is 9.47 Å². The maximum absolute atomic E-state index is 12.6. The number of ether oxygens (including phenoxy) is 2. The third-order valence-corrected chi connectivity index (χ3v) is 5.77. The molecule has 0 aliphatic carbocycles. The molecule has 2 fully saturated rings. The Labute approximate surface area is 164 Å². The van der Waals surface area contributed by atoms with Gasteiger partial charge in [0.1, 0.15) is 6.04 Å². The Balaban J connectivity index is 1.79. The number of esters is 2. The predicted molar refractivity (Wildman–Crippen MR) is 103 cm³/mol. The standard InChI is InChI=1S/C22H24N2O4/c1-27-21(25)17-14-23-18(15-9-5-3-6-10-15)13-19(22(26)28-2)24(23)20(17)16-11-7-4-8-12-16/h3-12,17-20H,13-14H2,1-2H3/t17-,18+,19-,20-/m1/s1. The van der Waals surface area contributed by atoms with Crippen molar-refractivity contribution < 1.29 is 19.1 Å². The van der Waals surface area contributed by atoms with Crippen molar-refractivity contribution >= 4 is 11.9 Å². The van der Waals surface area contributed by atoms with Gasteiger partial charge in [0.05, 0.1) is 32.2 Å². The van der Waals surface area contributed by atoms with Crippen molar-refractivity contribution in [1.29, 1.82) is 0 Å². The summed E-state index contributed by atoms with van der Waals surface area (Å²) < 4.78 is 10.2. The first-order chi connectivity index (χ1) is 13.7. The molecule has 0 spiro atoms. The van der Waals surface area contributed by atoms with Crippen LogP contribution in [0, 0.1) is 5.92 Å². The molecule has 0 radical (unpaired) electrons. The zero-order valence-electron chi connectivity index (χ0n) is 16.0. The molecule has 6 nitrogen and oxygen atoms in total. The topological polar surface area (TPSA) is 59.1 Å². The third-order valence-electron chi connectivity index (χ3n) is 5.77. The first-order valence-electron chi connectivity index (χ1n) is 9.46. The van der Waals surface area contributed by atoms with Crippen LogP contribution in [0.4, 0.5) is 0 Å². The van der Waals surface area contributed by atoms with Crippen LogP contribution in [0.5, 0.6) is 0 Å². The molecule has 0 N–H and O–H groups in total. The minimum Gasteiger partial charge on any atom is -0.469 e. The number of hydrogen-bond acceptors (Lipinski definition) is 6. The monoisotopic (exact) mass is 380 g/mol. The molecule has 0 amide bonds. The van der Waals surface area contributed by atoms with Crippen molar-refractivity contribution in [2.75, 3.05) is 20.8 Å². The molecule has 0 aromatic heterocycles. The molecule has 0 unspecified atom stereocenters. The highest BCUT2D eigenvalue weighted by atomic mass is 16.5. The summed E-state index contributed by atoms with van der Waals surface area (Å²) in [4.78, 5) is 25.3. The van der Waals surface area contributed by atoms with Gasteiger partial charge in [0.15, 0.2) is 0 Å². The summed E-state index contributed by atoms with van der Waals surface area (Å²) in [6.07, 6.45) is 0.619. The SMILES string of the molecule is COC(=O)[C@H]1C[C@@H](c2ccccc2)N2C[C@@H](C(=O)OC)[C@@H](c3ccccc3)N12. The highest BCUT2D eigenvalue weighted by molar-refractivity contribution is 5.78. The van der Waals surface area contributed by atoms with Gasteiger partial charge in [-0.25, -0.2) is 10.0 Å². The zero-order valence-corrected chi connectivity index (χ0v) is 16.0. The van der Waals surface area contributed by atoms with Crippen LogP contribution in [0.25, 0.3) is 0 Å². The Kier molecular flexibility index (Phi) is 5.15. The van der Waals surface area contributed by atoms with E-state index in [9.17, 15) is 9.59 Å². The van der Waals surface area contributed by atoms with Crippen molar-refractivity contribution in [1.82, 2.24) is 10.0 Å². The molecule has 4 atom stereocenters. The van der Waals surface area contributed by atoms with Gasteiger partial charge in [0.2, 0.25) is 0 Å². The molecular formula is C22H24N2O4. The van der Waals surface area contributed by atoms with Crippen LogP contribution < -0.4 is 0 Å². The number of nitrogens with zero attached hydrogens (tertiary/aromatic N) is 2. The van der Waals surface area contributed by atoms with Crippen molar-refractivity contribution in [2.24, 2.45) is 5.92 Å². The van der Waals surface area contributed by atoms with Crippen LogP contribution >= 0.6 is 0 Å². The molecule has 28 heavy (non-hydrogen) atoms. The first-order valence-corrected chi connectivity index (χ1v) is 9.46. The normalized spacial score (nSPS) is 27.4. The Morgan fingerprint density at radius 1 is 0.857 bits per heavy atom. The van der Waals surface area contributed by atoms with E-state index >= 15 is 0 Å². The van der Waals surface area contributed by atoms with Crippen molar-refractivity contribution in [2.45, 2.75) is 24.5 Å². The smallest absolute Gasteiger partial charge is 0.324 e. The van der Waals surface area contributed by atoms with Crippen LogP contribution in [0.1, 0.15) is 29.6 Å². The van der Waals surface area contributed by atoms with Crippen molar-refractivity contribution in [3.8, 4) is 0 Å². The summed E-state index contributed by atoms with van der Waals surface area (Å²) in [5.41, 5.74) is 2.11. The number of hydrazine groups is 1. The first kappa shape index (κ1) is 18.7. The highest BCUT2D eigenvalue weighted by Crippen LogP contribution is 2.49. The fourth-order valence-electron chi connectivity index (χ4n) is 4.56. The van der Waals surface area contributed by atoms with Crippen molar-refractivity contribution in [3.05, 3.63) is 71.8 Å². The van der Waals surface area contributed by atoms with Gasteiger partial charge >= 0.3 is 11.9 Å². The number of methoxy groups -OCH3 is 2. The van der Waals surface area contributed by atoms with E-state index in [0.29, 0.717) is 13.0 Å². The minimum atomic E-state index is -0.449. The van der Waals surface area contributed by atoms with E-state index in [1.54, 1.807) is 0 Å². The number of carbonyl (C=O) groups is 2. The lowest BCUT2D eigenvalue weighted by atomic mass is 9.91. The third kappa shape index (κ3) is 3.08. The van der Waals surface area contributed by atoms with Gasteiger partial charge in [-0.15, -0.1) is 0 Å². The summed E-state index contributed by atoms with van der Waals surface area (Å²) in [7, 11) is 2.82. The fraction of sp³-hybridized carbons (Fsp3) is 0.364. The number of fused-ring (bicyclic) bond motifs is 1. The van der Waals surface area contributed by atoms with Gasteiger partial charge in [0, 0.05) is 6.54 Å². The molecule has 2 aliphatic heterocycles. The van der Waals surface area contributed by atoms with Gasteiger partial charge < -0.3 is 9.47 Å². The minimum absolute atomic E-state index is 0.00571. The molecule has 2 heterocycles. The Hall–Kier alpha value is -2.70. The molecule has 2 aromatic carbocycles. The average molecular weight is 380 g/mol. The molecule has 2 saturated heterocycles. The second-order valence-corrected chi connectivity index (χ2v) is 7.19. The van der Waals surface area contributed by atoms with E-state index < -0.39 is 6.04 Å². The van der Waals surface area contributed by atoms with Gasteiger partial charge in [-0.2, -0.15) is 0 Å². The van der Waals surface area contributed by atoms with Crippen LogP contribution in [-0.4, -0.2) is 48.8 Å². The average Bonchev–Trinajstić information content (AvgIpc) is 3.31. The van der Waals surface area contributed by atoms with Crippen molar-refractivity contribution in [3.63, 3.8) is 0 Å². The van der Waals surface area contributed by atoms with E-state index in [0.717, 1.165) is 11.1 Å². The number of hydrogen-bond donors (Lipinski definition) is 0. The van der Waals surface area contributed by atoms with Gasteiger partial charge in [-0.3, -0.25) is 9.59 Å². The molecule has 146 valence electrons. The Morgan fingerprint density at radius 2 is 1.43 bits per heavy atom. The second kappa shape index (κ2) is 7.73. The maximum Gasteiger partial charge on any atom is 0.324 e. The summed E-state index contributed by atoms with van der Waals surface area (Å²) in [6, 6.07) is 19.2. The van der Waals surface area contributed by atoms with E-state index in [1.807, 2.05) is 53.5 Å². The predicted octanol–water partition coefficient (Wildman–Crippen LogP) is 2.74. The van der Waals surface area contributed by atoms with E-state index in [-0.39, 0.29) is 29.9 Å². The Morgan fingerprint density at radius 3 is 2.00 bits per heavy atom. The van der Waals surface area contributed by atoms with Crippen LogP contribution in [0.3, 0.4) is 0 Å². The number of carbonyl (C=O) groups excluding carboxylic acids is 2. The van der Waals surface area contributed by atoms with Crippen LogP contribution in [0.2, 0.25) is 0 Å². The van der Waals surface area contributed by atoms with E-state index in [1.165, 1.54) is 14.2 Å². The Bertz CT molecular complexity index is 842. The summed E-state index contributed by atoms with van der Waals surface area (Å²) in [5.74, 6) is -0.931. The molecule has 6 heteroatoms. The van der Waals surface area contributed by atoms with E-state index in [2.05, 4.69) is 17.1 Å².